The van der Waals surface area contributed by atoms with E-state index in [2.05, 4.69) is 0 Å². The first kappa shape index (κ1) is 10.6. The first-order valence-electron chi connectivity index (χ1n) is 4.57. The summed E-state index contributed by atoms with van der Waals surface area (Å²) in [7, 11) is 1.58. The Hall–Kier alpha value is -1.51. The molecule has 1 aromatic carbocycles. The van der Waals surface area contributed by atoms with Gasteiger partial charge in [-0.15, -0.1) is 0 Å². The SMILES string of the molecule is CCCOc1cc(OC)ccc1C=O. The van der Waals surface area contributed by atoms with Crippen molar-refractivity contribution >= 4 is 6.29 Å². The van der Waals surface area contributed by atoms with E-state index >= 15 is 0 Å². The average Bonchev–Trinajstić information content (AvgIpc) is 2.25. The van der Waals surface area contributed by atoms with E-state index in [4.69, 9.17) is 9.47 Å². The third-order valence-corrected chi connectivity index (χ3v) is 1.81. The Labute approximate surface area is 83.6 Å². The Balaban J connectivity index is 2.90. The van der Waals surface area contributed by atoms with Crippen LogP contribution in [0.4, 0.5) is 0 Å². The van der Waals surface area contributed by atoms with E-state index in [0.29, 0.717) is 23.7 Å². The fourth-order valence-corrected chi connectivity index (χ4v) is 1.08. The van der Waals surface area contributed by atoms with Crippen molar-refractivity contribution in [1.29, 1.82) is 0 Å². The summed E-state index contributed by atoms with van der Waals surface area (Å²) >= 11 is 0. The molecule has 0 unspecified atom stereocenters. The summed E-state index contributed by atoms with van der Waals surface area (Å²) < 4.78 is 10.4. The van der Waals surface area contributed by atoms with Crippen molar-refractivity contribution < 1.29 is 14.3 Å². The van der Waals surface area contributed by atoms with Crippen LogP contribution in [-0.2, 0) is 0 Å². The molecule has 3 heteroatoms. The van der Waals surface area contributed by atoms with Crippen LogP contribution in [0.25, 0.3) is 0 Å². The van der Waals surface area contributed by atoms with Gasteiger partial charge >= 0.3 is 0 Å². The molecule has 0 aliphatic carbocycles. The van der Waals surface area contributed by atoms with E-state index in [9.17, 15) is 4.79 Å². The second-order valence-electron chi connectivity index (χ2n) is 2.87. The van der Waals surface area contributed by atoms with Gasteiger partial charge in [0, 0.05) is 6.07 Å². The lowest BCUT2D eigenvalue weighted by Crippen LogP contribution is -1.98. The molecule has 0 bridgehead atoms. The molecular formula is C11H14O3. The molecule has 0 aromatic heterocycles. The third kappa shape index (κ3) is 2.49. The van der Waals surface area contributed by atoms with E-state index in [1.807, 2.05) is 6.92 Å². The minimum Gasteiger partial charge on any atom is -0.497 e. The Morgan fingerprint density at radius 2 is 2.21 bits per heavy atom. The van der Waals surface area contributed by atoms with Gasteiger partial charge in [0.15, 0.2) is 6.29 Å². The molecule has 0 amide bonds. The number of rotatable bonds is 5. The molecule has 0 saturated heterocycles. The maximum atomic E-state index is 10.7. The van der Waals surface area contributed by atoms with Crippen molar-refractivity contribution in [2.24, 2.45) is 0 Å². The van der Waals surface area contributed by atoms with Gasteiger partial charge in [0.05, 0.1) is 19.3 Å². The predicted molar refractivity (Wildman–Crippen MR) is 54.2 cm³/mol. The Morgan fingerprint density at radius 3 is 2.79 bits per heavy atom. The molecule has 0 fully saturated rings. The van der Waals surface area contributed by atoms with Gasteiger partial charge in [-0.3, -0.25) is 4.79 Å². The first-order valence-corrected chi connectivity index (χ1v) is 4.57. The largest absolute Gasteiger partial charge is 0.497 e. The average molecular weight is 194 g/mol. The molecule has 3 nitrogen and oxygen atoms in total. The van der Waals surface area contributed by atoms with Crippen molar-refractivity contribution in [3.8, 4) is 11.5 Å². The molecule has 0 aliphatic heterocycles. The summed E-state index contributed by atoms with van der Waals surface area (Å²) in [4.78, 5) is 10.7. The number of methoxy groups -OCH3 is 1. The zero-order valence-electron chi connectivity index (χ0n) is 8.45. The van der Waals surface area contributed by atoms with Crippen molar-refractivity contribution in [2.45, 2.75) is 13.3 Å². The minimum absolute atomic E-state index is 0.555. The van der Waals surface area contributed by atoms with E-state index in [-0.39, 0.29) is 0 Å². The summed E-state index contributed by atoms with van der Waals surface area (Å²) in [6, 6.07) is 5.15. The quantitative estimate of drug-likeness (QED) is 0.675. The van der Waals surface area contributed by atoms with Crippen molar-refractivity contribution in [1.82, 2.24) is 0 Å². The molecule has 0 saturated carbocycles. The zero-order valence-corrected chi connectivity index (χ0v) is 8.45. The van der Waals surface area contributed by atoms with Crippen LogP contribution < -0.4 is 9.47 Å². The van der Waals surface area contributed by atoms with E-state index in [0.717, 1.165) is 12.7 Å². The maximum Gasteiger partial charge on any atom is 0.153 e. The topological polar surface area (TPSA) is 35.5 Å². The highest BCUT2D eigenvalue weighted by molar-refractivity contribution is 5.79. The molecule has 0 radical (unpaired) electrons. The number of benzene rings is 1. The van der Waals surface area contributed by atoms with Gasteiger partial charge in [-0.25, -0.2) is 0 Å². The minimum atomic E-state index is 0.555. The van der Waals surface area contributed by atoms with Crippen LogP contribution in [-0.4, -0.2) is 20.0 Å². The lowest BCUT2D eigenvalue weighted by Gasteiger charge is -2.08. The van der Waals surface area contributed by atoms with Crippen molar-refractivity contribution in [2.75, 3.05) is 13.7 Å². The molecule has 14 heavy (non-hydrogen) atoms. The molecule has 76 valence electrons. The van der Waals surface area contributed by atoms with Gasteiger partial charge in [0.25, 0.3) is 0 Å². The smallest absolute Gasteiger partial charge is 0.153 e. The molecule has 0 heterocycles. The van der Waals surface area contributed by atoms with Gasteiger partial charge in [-0.1, -0.05) is 6.92 Å². The molecule has 1 rings (SSSR count). The van der Waals surface area contributed by atoms with E-state index in [1.54, 1.807) is 25.3 Å². The van der Waals surface area contributed by atoms with Crippen LogP contribution in [0.1, 0.15) is 23.7 Å². The van der Waals surface area contributed by atoms with Crippen LogP contribution in [0.5, 0.6) is 11.5 Å². The second-order valence-corrected chi connectivity index (χ2v) is 2.87. The van der Waals surface area contributed by atoms with Crippen LogP contribution in [0.3, 0.4) is 0 Å². The molecule has 1 aromatic rings. The predicted octanol–water partition coefficient (Wildman–Crippen LogP) is 2.30. The highest BCUT2D eigenvalue weighted by Gasteiger charge is 2.04. The van der Waals surface area contributed by atoms with E-state index < -0.39 is 0 Å². The van der Waals surface area contributed by atoms with Crippen LogP contribution >= 0.6 is 0 Å². The highest BCUT2D eigenvalue weighted by atomic mass is 16.5. The number of hydrogen-bond acceptors (Lipinski definition) is 3. The Bertz CT molecular complexity index is 307. The lowest BCUT2D eigenvalue weighted by atomic mass is 10.2. The summed E-state index contributed by atoms with van der Waals surface area (Å²) in [6.45, 7) is 2.62. The normalized spacial score (nSPS) is 9.57. The summed E-state index contributed by atoms with van der Waals surface area (Å²) in [5.41, 5.74) is 0.555. The number of carbonyl (C=O) groups is 1. The molecular weight excluding hydrogens is 180 g/mol. The maximum absolute atomic E-state index is 10.7. The van der Waals surface area contributed by atoms with Crippen LogP contribution in [0.15, 0.2) is 18.2 Å². The third-order valence-electron chi connectivity index (χ3n) is 1.81. The standard InChI is InChI=1S/C11H14O3/c1-3-6-14-11-7-10(13-2)5-4-9(11)8-12/h4-5,7-8H,3,6H2,1-2H3. The molecule has 0 spiro atoms. The zero-order chi connectivity index (χ0) is 10.4. The van der Waals surface area contributed by atoms with Crippen molar-refractivity contribution in [3.05, 3.63) is 23.8 Å². The Kier molecular flexibility index (Phi) is 3.98. The van der Waals surface area contributed by atoms with Gasteiger partial charge in [0.1, 0.15) is 11.5 Å². The van der Waals surface area contributed by atoms with Gasteiger partial charge in [-0.2, -0.15) is 0 Å². The van der Waals surface area contributed by atoms with Crippen LogP contribution in [0.2, 0.25) is 0 Å². The summed E-state index contributed by atoms with van der Waals surface area (Å²) in [6.07, 6.45) is 1.69. The summed E-state index contributed by atoms with van der Waals surface area (Å²) in [5, 5.41) is 0. The summed E-state index contributed by atoms with van der Waals surface area (Å²) in [5.74, 6) is 1.28. The fraction of sp³-hybridized carbons (Fsp3) is 0.364. The molecule has 0 aliphatic rings. The van der Waals surface area contributed by atoms with Crippen molar-refractivity contribution in [3.63, 3.8) is 0 Å². The fourth-order valence-electron chi connectivity index (χ4n) is 1.08. The highest BCUT2D eigenvalue weighted by Crippen LogP contribution is 2.23. The molecule has 0 N–H and O–H groups in total. The number of carbonyl (C=O) groups excluding carboxylic acids is 1. The first-order chi connectivity index (χ1) is 6.81. The number of aldehydes is 1. The molecule has 0 atom stereocenters. The van der Waals surface area contributed by atoms with Gasteiger partial charge in [0.2, 0.25) is 0 Å². The van der Waals surface area contributed by atoms with E-state index in [1.165, 1.54) is 0 Å². The number of ether oxygens (including phenoxy) is 2. The Morgan fingerprint density at radius 1 is 1.43 bits per heavy atom. The van der Waals surface area contributed by atoms with Gasteiger partial charge in [-0.05, 0) is 18.6 Å². The lowest BCUT2D eigenvalue weighted by molar-refractivity contribution is 0.111. The monoisotopic (exact) mass is 194 g/mol. The van der Waals surface area contributed by atoms with Crippen LogP contribution in [0, 0.1) is 0 Å². The second kappa shape index (κ2) is 5.27. The number of hydrogen-bond donors (Lipinski definition) is 0. The van der Waals surface area contributed by atoms with Gasteiger partial charge < -0.3 is 9.47 Å².